The van der Waals surface area contributed by atoms with Crippen molar-refractivity contribution in [2.45, 2.75) is 17.7 Å². The third-order valence-corrected chi connectivity index (χ3v) is 4.94. The van der Waals surface area contributed by atoms with Crippen LogP contribution >= 0.6 is 23.5 Å². The number of nitriles is 1. The first-order valence-electron chi connectivity index (χ1n) is 8.51. The Bertz CT molecular complexity index is 770. The Kier molecular flexibility index (Phi) is 8.72. The predicted molar refractivity (Wildman–Crippen MR) is 107 cm³/mol. The van der Waals surface area contributed by atoms with Crippen LogP contribution in [0.3, 0.4) is 0 Å². The van der Waals surface area contributed by atoms with E-state index >= 15 is 0 Å². The van der Waals surface area contributed by atoms with Gasteiger partial charge in [0.2, 0.25) is 0 Å². The Morgan fingerprint density at radius 3 is 2.52 bits per heavy atom. The second-order valence-electron chi connectivity index (χ2n) is 5.76. The molecule has 0 aromatic heterocycles. The highest BCUT2D eigenvalue weighted by Gasteiger charge is 2.16. The van der Waals surface area contributed by atoms with Crippen LogP contribution in [0.25, 0.3) is 0 Å². The van der Waals surface area contributed by atoms with Crippen LogP contribution in [0.5, 0.6) is 17.2 Å². The van der Waals surface area contributed by atoms with Crippen LogP contribution < -0.4 is 10.5 Å². The Morgan fingerprint density at radius 1 is 1.22 bits per heavy atom. The summed E-state index contributed by atoms with van der Waals surface area (Å²) in [6.45, 7) is 2.53. The largest absolute Gasteiger partial charge is 0.508 e. The third kappa shape index (κ3) is 6.94. The van der Waals surface area contributed by atoms with Crippen molar-refractivity contribution in [2.75, 3.05) is 26.2 Å². The SMILES string of the molecule is N#Cc1ccc(Oc2cc(O)cc(Cl)c2)c(SN2CCCC2)c1.NCCO. The van der Waals surface area contributed by atoms with Gasteiger partial charge in [-0.15, -0.1) is 0 Å². The van der Waals surface area contributed by atoms with Gasteiger partial charge in [-0.25, -0.2) is 4.31 Å². The fraction of sp³-hybridized carbons (Fsp3) is 0.316. The maximum atomic E-state index is 9.63. The lowest BCUT2D eigenvalue weighted by molar-refractivity contribution is 0.306. The molecule has 0 atom stereocenters. The summed E-state index contributed by atoms with van der Waals surface area (Å²) in [5.74, 6) is 1.15. The molecule has 8 heteroatoms. The van der Waals surface area contributed by atoms with Gasteiger partial charge < -0.3 is 20.7 Å². The number of nitrogens with zero attached hydrogens (tertiary/aromatic N) is 2. The molecule has 2 aromatic rings. The van der Waals surface area contributed by atoms with Crippen molar-refractivity contribution in [2.24, 2.45) is 5.73 Å². The minimum Gasteiger partial charge on any atom is -0.508 e. The summed E-state index contributed by atoms with van der Waals surface area (Å²) in [5.41, 5.74) is 5.37. The second kappa shape index (κ2) is 11.0. The Morgan fingerprint density at radius 2 is 1.93 bits per heavy atom. The van der Waals surface area contributed by atoms with Gasteiger partial charge in [-0.3, -0.25) is 0 Å². The molecule has 3 rings (SSSR count). The molecule has 0 spiro atoms. The summed E-state index contributed by atoms with van der Waals surface area (Å²) in [6, 6.07) is 12.1. The highest BCUT2D eigenvalue weighted by Crippen LogP contribution is 2.38. The first-order chi connectivity index (χ1) is 13.0. The Balaban J connectivity index is 0.000000596. The van der Waals surface area contributed by atoms with Gasteiger partial charge in [0, 0.05) is 30.7 Å². The van der Waals surface area contributed by atoms with E-state index in [2.05, 4.69) is 10.4 Å². The lowest BCUT2D eigenvalue weighted by atomic mass is 10.2. The van der Waals surface area contributed by atoms with E-state index in [-0.39, 0.29) is 12.4 Å². The maximum Gasteiger partial charge on any atom is 0.142 e. The van der Waals surface area contributed by atoms with Gasteiger partial charge in [0.1, 0.15) is 17.2 Å². The standard InChI is InChI=1S/C17H15ClN2O2S.C2H7NO/c18-13-8-14(21)10-15(9-13)22-16-4-3-12(11-19)7-17(16)23-20-5-1-2-6-20;3-1-2-4/h3-4,7-10,21H,1-2,5-6H2;4H,1-3H2. The molecule has 0 aliphatic carbocycles. The molecule has 1 aliphatic rings. The van der Waals surface area contributed by atoms with Gasteiger partial charge in [-0.2, -0.15) is 5.26 Å². The fourth-order valence-corrected chi connectivity index (χ4v) is 3.70. The first kappa shape index (κ1) is 21.4. The number of aliphatic hydroxyl groups excluding tert-OH is 1. The topological polar surface area (TPSA) is 103 Å². The zero-order valence-corrected chi connectivity index (χ0v) is 16.3. The number of hydrogen-bond donors (Lipinski definition) is 3. The van der Waals surface area contributed by atoms with Gasteiger partial charge in [0.15, 0.2) is 0 Å². The predicted octanol–water partition coefficient (Wildman–Crippen LogP) is 3.75. The summed E-state index contributed by atoms with van der Waals surface area (Å²) < 4.78 is 8.14. The number of aromatic hydroxyl groups is 1. The molecule has 0 saturated carbocycles. The molecular formula is C19H22ClN3O3S. The first-order valence-corrected chi connectivity index (χ1v) is 9.66. The van der Waals surface area contributed by atoms with Crippen molar-refractivity contribution in [3.8, 4) is 23.3 Å². The van der Waals surface area contributed by atoms with Crippen LogP contribution in [0, 0.1) is 11.3 Å². The van der Waals surface area contributed by atoms with E-state index in [1.165, 1.54) is 25.0 Å². The number of rotatable bonds is 5. The number of phenolic OH excluding ortho intramolecular Hbond substituents is 1. The number of benzene rings is 2. The number of nitrogens with two attached hydrogens (primary N) is 1. The number of ether oxygens (including phenoxy) is 1. The molecule has 6 nitrogen and oxygen atoms in total. The molecule has 1 fully saturated rings. The Labute approximate surface area is 168 Å². The van der Waals surface area contributed by atoms with E-state index in [9.17, 15) is 5.11 Å². The summed E-state index contributed by atoms with van der Waals surface area (Å²) in [5, 5.41) is 26.9. The van der Waals surface area contributed by atoms with E-state index in [4.69, 9.17) is 32.4 Å². The molecule has 2 aromatic carbocycles. The number of halogens is 1. The molecule has 1 saturated heterocycles. The van der Waals surface area contributed by atoms with Crippen LogP contribution in [0.1, 0.15) is 18.4 Å². The smallest absolute Gasteiger partial charge is 0.142 e. The van der Waals surface area contributed by atoms with Crippen molar-refractivity contribution < 1.29 is 14.9 Å². The van der Waals surface area contributed by atoms with Crippen molar-refractivity contribution in [1.82, 2.24) is 4.31 Å². The minimum atomic E-state index is 0.0508. The lowest BCUT2D eigenvalue weighted by Gasteiger charge is -2.17. The van der Waals surface area contributed by atoms with Gasteiger partial charge in [0.05, 0.1) is 23.1 Å². The summed E-state index contributed by atoms with van der Waals surface area (Å²) in [7, 11) is 0. The molecule has 27 heavy (non-hydrogen) atoms. The highest BCUT2D eigenvalue weighted by molar-refractivity contribution is 7.97. The van der Waals surface area contributed by atoms with Crippen LogP contribution in [0.15, 0.2) is 41.3 Å². The Hall–Kier alpha value is -1.95. The summed E-state index contributed by atoms with van der Waals surface area (Å²) in [6.07, 6.45) is 2.37. The van der Waals surface area contributed by atoms with Gasteiger partial charge in [-0.1, -0.05) is 11.6 Å². The number of phenols is 1. The molecular weight excluding hydrogens is 386 g/mol. The van der Waals surface area contributed by atoms with E-state index in [1.807, 2.05) is 6.07 Å². The zero-order valence-electron chi connectivity index (χ0n) is 14.8. The monoisotopic (exact) mass is 407 g/mol. The van der Waals surface area contributed by atoms with Crippen LogP contribution in [0.2, 0.25) is 5.02 Å². The lowest BCUT2D eigenvalue weighted by Crippen LogP contribution is -2.09. The summed E-state index contributed by atoms with van der Waals surface area (Å²) in [4.78, 5) is 0.880. The minimum absolute atomic E-state index is 0.0508. The average Bonchev–Trinajstić information content (AvgIpc) is 3.15. The molecule has 1 aliphatic heterocycles. The van der Waals surface area contributed by atoms with Crippen molar-refractivity contribution in [1.29, 1.82) is 5.26 Å². The van der Waals surface area contributed by atoms with Gasteiger partial charge in [-0.05, 0) is 55.1 Å². The van der Waals surface area contributed by atoms with Crippen molar-refractivity contribution >= 4 is 23.5 Å². The number of hydrogen-bond acceptors (Lipinski definition) is 7. The van der Waals surface area contributed by atoms with E-state index in [0.29, 0.717) is 28.6 Å². The van der Waals surface area contributed by atoms with E-state index in [0.717, 1.165) is 18.0 Å². The molecule has 0 amide bonds. The fourth-order valence-electron chi connectivity index (χ4n) is 2.39. The molecule has 144 valence electrons. The van der Waals surface area contributed by atoms with E-state index < -0.39 is 0 Å². The van der Waals surface area contributed by atoms with Crippen LogP contribution in [0.4, 0.5) is 0 Å². The molecule has 0 unspecified atom stereocenters. The average molecular weight is 408 g/mol. The van der Waals surface area contributed by atoms with Crippen molar-refractivity contribution in [3.05, 3.63) is 47.0 Å². The molecule has 1 heterocycles. The molecule has 0 radical (unpaired) electrons. The molecule has 4 N–H and O–H groups in total. The third-order valence-electron chi connectivity index (χ3n) is 3.58. The van der Waals surface area contributed by atoms with Gasteiger partial charge in [0.25, 0.3) is 0 Å². The van der Waals surface area contributed by atoms with Crippen LogP contribution in [-0.4, -0.2) is 40.8 Å². The van der Waals surface area contributed by atoms with Gasteiger partial charge >= 0.3 is 0 Å². The second-order valence-corrected chi connectivity index (χ2v) is 7.34. The number of aliphatic hydroxyl groups is 1. The maximum absolute atomic E-state index is 9.63. The van der Waals surface area contributed by atoms with E-state index in [1.54, 1.807) is 30.1 Å². The van der Waals surface area contributed by atoms with Crippen molar-refractivity contribution in [3.63, 3.8) is 0 Å². The van der Waals surface area contributed by atoms with Crippen LogP contribution in [-0.2, 0) is 0 Å². The normalized spacial score (nSPS) is 13.6. The quantitative estimate of drug-likeness (QED) is 0.648. The highest BCUT2D eigenvalue weighted by atomic mass is 35.5. The summed E-state index contributed by atoms with van der Waals surface area (Å²) >= 11 is 7.54. The molecule has 0 bridgehead atoms. The zero-order chi connectivity index (χ0) is 19.6.